The minimum atomic E-state index is -3.56. The number of sulfonamides is 1. The van der Waals surface area contributed by atoms with E-state index in [0.717, 1.165) is 24.9 Å². The molecule has 1 aromatic rings. The Balaban J connectivity index is 1.87. The number of nitrogens with one attached hydrogen (secondary N) is 2. The highest BCUT2D eigenvalue weighted by atomic mass is 32.2. The Morgan fingerprint density at radius 1 is 1.11 bits per heavy atom. The van der Waals surface area contributed by atoms with E-state index in [2.05, 4.69) is 10.6 Å². The van der Waals surface area contributed by atoms with E-state index in [1.54, 1.807) is 18.2 Å². The number of nitrogens with zero attached hydrogens (tertiary/aromatic N) is 1. The molecule has 0 aliphatic heterocycles. The van der Waals surface area contributed by atoms with Crippen molar-refractivity contribution in [3.05, 3.63) is 18.2 Å². The van der Waals surface area contributed by atoms with Gasteiger partial charge in [-0.15, -0.1) is 0 Å². The smallest absolute Gasteiger partial charge is 0.243 e. The van der Waals surface area contributed by atoms with Gasteiger partial charge in [0, 0.05) is 25.6 Å². The van der Waals surface area contributed by atoms with Gasteiger partial charge in [0.25, 0.3) is 0 Å². The van der Waals surface area contributed by atoms with Crippen LogP contribution in [0.5, 0.6) is 0 Å². The Morgan fingerprint density at radius 2 is 1.85 bits per heavy atom. The lowest BCUT2D eigenvalue weighted by Crippen LogP contribution is -2.31. The molecule has 6 nitrogen and oxygen atoms in total. The maximum atomic E-state index is 12.9. The van der Waals surface area contributed by atoms with Gasteiger partial charge < -0.3 is 10.6 Å². The zero-order chi connectivity index (χ0) is 19.6. The van der Waals surface area contributed by atoms with E-state index in [-0.39, 0.29) is 16.7 Å². The lowest BCUT2D eigenvalue weighted by Gasteiger charge is -2.23. The summed E-state index contributed by atoms with van der Waals surface area (Å²) >= 11 is 0. The van der Waals surface area contributed by atoms with E-state index in [4.69, 9.17) is 0 Å². The summed E-state index contributed by atoms with van der Waals surface area (Å²) in [6.45, 7) is 7.15. The molecule has 2 saturated carbocycles. The van der Waals surface area contributed by atoms with Gasteiger partial charge in [0.1, 0.15) is 0 Å². The van der Waals surface area contributed by atoms with E-state index in [1.807, 2.05) is 20.8 Å². The van der Waals surface area contributed by atoms with Crippen LogP contribution >= 0.6 is 0 Å². The predicted octanol–water partition coefficient (Wildman–Crippen LogP) is 3.52. The monoisotopic (exact) mass is 393 g/mol. The maximum Gasteiger partial charge on any atom is 0.243 e. The van der Waals surface area contributed by atoms with Gasteiger partial charge in [0.05, 0.1) is 16.3 Å². The van der Waals surface area contributed by atoms with Gasteiger partial charge in [-0.05, 0) is 56.2 Å². The largest absolute Gasteiger partial charge is 0.384 e. The van der Waals surface area contributed by atoms with Crippen LogP contribution in [0.3, 0.4) is 0 Å². The van der Waals surface area contributed by atoms with Crippen molar-refractivity contribution in [2.24, 2.45) is 17.8 Å². The number of anilines is 2. The molecule has 0 spiro atoms. The van der Waals surface area contributed by atoms with Gasteiger partial charge in [-0.2, -0.15) is 4.31 Å². The van der Waals surface area contributed by atoms with Crippen molar-refractivity contribution in [2.75, 3.05) is 30.3 Å². The van der Waals surface area contributed by atoms with E-state index in [9.17, 15) is 13.2 Å². The van der Waals surface area contributed by atoms with Crippen molar-refractivity contribution in [2.45, 2.75) is 51.3 Å². The van der Waals surface area contributed by atoms with Crippen LogP contribution in [0, 0.1) is 17.8 Å². The first-order chi connectivity index (χ1) is 12.9. The number of carbonyl (C=O) groups is 1. The molecule has 3 unspecified atom stereocenters. The minimum absolute atomic E-state index is 0.0266. The minimum Gasteiger partial charge on any atom is -0.384 e. The molecule has 0 heterocycles. The SMILES string of the molecule is CCNc1ccc(S(=O)(=O)N(CC)CC)cc1NC(=O)C1CC2CCC1C2. The van der Waals surface area contributed by atoms with Crippen molar-refractivity contribution in [3.63, 3.8) is 0 Å². The second-order valence-electron chi connectivity index (χ2n) is 7.60. The number of hydrogen-bond acceptors (Lipinski definition) is 4. The quantitative estimate of drug-likeness (QED) is 0.708. The zero-order valence-corrected chi connectivity index (χ0v) is 17.3. The highest BCUT2D eigenvalue weighted by Crippen LogP contribution is 2.48. The first-order valence-corrected chi connectivity index (χ1v) is 11.5. The summed E-state index contributed by atoms with van der Waals surface area (Å²) in [5.74, 6) is 1.26. The molecule has 0 radical (unpaired) electrons. The third kappa shape index (κ3) is 3.99. The van der Waals surface area contributed by atoms with Crippen molar-refractivity contribution < 1.29 is 13.2 Å². The Kier molecular flexibility index (Phi) is 6.11. The fourth-order valence-corrected chi connectivity index (χ4v) is 6.12. The first-order valence-electron chi connectivity index (χ1n) is 10.1. The van der Waals surface area contributed by atoms with Gasteiger partial charge >= 0.3 is 0 Å². The van der Waals surface area contributed by atoms with E-state index < -0.39 is 10.0 Å². The van der Waals surface area contributed by atoms with Crippen molar-refractivity contribution in [1.29, 1.82) is 0 Å². The standard InChI is InChI=1S/C20H31N3O3S/c1-4-21-18-10-9-16(27(25,26)23(5-2)6-3)13-19(18)22-20(24)17-12-14-7-8-15(17)11-14/h9-10,13-15,17,21H,4-8,11-12H2,1-3H3,(H,22,24). The number of benzene rings is 1. The first kappa shape index (κ1) is 20.1. The van der Waals surface area contributed by atoms with E-state index >= 15 is 0 Å². The second-order valence-corrected chi connectivity index (χ2v) is 9.54. The van der Waals surface area contributed by atoms with Gasteiger partial charge in [-0.3, -0.25) is 4.79 Å². The number of carbonyl (C=O) groups excluding carboxylic acids is 1. The summed E-state index contributed by atoms with van der Waals surface area (Å²) in [4.78, 5) is 13.1. The molecule has 1 aromatic carbocycles. The molecule has 2 aliphatic carbocycles. The summed E-state index contributed by atoms with van der Waals surface area (Å²) in [7, 11) is -3.56. The van der Waals surface area contributed by atoms with Crippen LogP contribution in [0.1, 0.15) is 46.5 Å². The van der Waals surface area contributed by atoms with E-state index in [1.165, 1.54) is 10.7 Å². The molecule has 2 bridgehead atoms. The van der Waals surface area contributed by atoms with Crippen LogP contribution in [-0.4, -0.2) is 38.3 Å². The van der Waals surface area contributed by atoms with Crippen LogP contribution in [-0.2, 0) is 14.8 Å². The molecule has 150 valence electrons. The zero-order valence-electron chi connectivity index (χ0n) is 16.5. The van der Waals surface area contributed by atoms with Gasteiger partial charge in [0.15, 0.2) is 0 Å². The average molecular weight is 394 g/mol. The van der Waals surface area contributed by atoms with Gasteiger partial charge in [0.2, 0.25) is 15.9 Å². The number of rotatable bonds is 8. The third-order valence-corrected chi connectivity index (χ3v) is 8.08. The fraction of sp³-hybridized carbons (Fsp3) is 0.650. The maximum absolute atomic E-state index is 12.9. The van der Waals surface area contributed by atoms with Crippen molar-refractivity contribution >= 4 is 27.3 Å². The molecule has 0 aromatic heterocycles. The number of hydrogen-bond donors (Lipinski definition) is 2. The molecular formula is C20H31N3O3S. The third-order valence-electron chi connectivity index (χ3n) is 6.03. The van der Waals surface area contributed by atoms with Crippen molar-refractivity contribution in [3.8, 4) is 0 Å². The van der Waals surface area contributed by atoms with Gasteiger partial charge in [-0.25, -0.2) is 8.42 Å². The molecule has 2 fully saturated rings. The van der Waals surface area contributed by atoms with Crippen LogP contribution in [0.25, 0.3) is 0 Å². The summed E-state index contributed by atoms with van der Waals surface area (Å²) in [6.07, 6.45) is 4.51. The number of fused-ring (bicyclic) bond motifs is 2. The predicted molar refractivity (Wildman–Crippen MR) is 108 cm³/mol. The van der Waals surface area contributed by atoms with Crippen molar-refractivity contribution in [1.82, 2.24) is 4.31 Å². The van der Waals surface area contributed by atoms with Crippen LogP contribution < -0.4 is 10.6 Å². The lowest BCUT2D eigenvalue weighted by molar-refractivity contribution is -0.121. The second kappa shape index (κ2) is 8.19. The van der Waals surface area contributed by atoms with Crippen LogP contribution in [0.15, 0.2) is 23.1 Å². The van der Waals surface area contributed by atoms with Crippen LogP contribution in [0.4, 0.5) is 11.4 Å². The van der Waals surface area contributed by atoms with Crippen LogP contribution in [0.2, 0.25) is 0 Å². The highest BCUT2D eigenvalue weighted by molar-refractivity contribution is 7.89. The van der Waals surface area contributed by atoms with Gasteiger partial charge in [-0.1, -0.05) is 20.3 Å². The highest BCUT2D eigenvalue weighted by Gasteiger charge is 2.43. The van der Waals surface area contributed by atoms with E-state index in [0.29, 0.717) is 37.2 Å². The molecule has 3 atom stereocenters. The lowest BCUT2D eigenvalue weighted by atomic mass is 9.88. The molecular weight excluding hydrogens is 362 g/mol. The molecule has 3 rings (SSSR count). The fourth-order valence-electron chi connectivity index (χ4n) is 4.64. The summed E-state index contributed by atoms with van der Waals surface area (Å²) in [5.41, 5.74) is 1.31. The number of amides is 1. The Morgan fingerprint density at radius 3 is 2.41 bits per heavy atom. The average Bonchev–Trinajstić information content (AvgIpc) is 3.27. The Hall–Kier alpha value is -1.60. The molecule has 7 heteroatoms. The summed E-state index contributed by atoms with van der Waals surface area (Å²) in [6, 6.07) is 4.95. The topological polar surface area (TPSA) is 78.5 Å². The molecule has 2 aliphatic rings. The molecule has 27 heavy (non-hydrogen) atoms. The normalized spacial score (nSPS) is 24.4. The Bertz CT molecular complexity index is 790. The molecule has 2 N–H and O–H groups in total. The molecule has 0 saturated heterocycles. The summed E-state index contributed by atoms with van der Waals surface area (Å²) in [5, 5.41) is 6.24. The summed E-state index contributed by atoms with van der Waals surface area (Å²) < 4.78 is 27.1. The Labute approximate surface area is 162 Å². The molecule has 1 amide bonds.